The second-order valence-corrected chi connectivity index (χ2v) is 7.01. The Morgan fingerprint density at radius 1 is 1.25 bits per heavy atom. The average molecular weight is 354 g/mol. The second-order valence-electron chi connectivity index (χ2n) is 5.66. The van der Waals surface area contributed by atoms with E-state index in [4.69, 9.17) is 18.0 Å². The van der Waals surface area contributed by atoms with E-state index in [0.717, 1.165) is 23.1 Å². The van der Waals surface area contributed by atoms with E-state index in [1.54, 1.807) is 0 Å². The number of hydrogen-bond donors (Lipinski definition) is 1. The fraction of sp³-hybridized carbons (Fsp3) is 0.533. The molecule has 20 heavy (non-hydrogen) atoms. The molecule has 2 aliphatic rings. The summed E-state index contributed by atoms with van der Waals surface area (Å²) in [5, 5.41) is 0. The van der Waals surface area contributed by atoms with Crippen molar-refractivity contribution in [2.75, 3.05) is 31.1 Å². The fourth-order valence-corrected chi connectivity index (χ4v) is 3.92. The molecule has 0 radical (unpaired) electrons. The van der Waals surface area contributed by atoms with E-state index in [1.165, 1.54) is 38.0 Å². The van der Waals surface area contributed by atoms with Crippen molar-refractivity contribution in [1.82, 2.24) is 4.90 Å². The van der Waals surface area contributed by atoms with E-state index in [0.29, 0.717) is 11.0 Å². The third-order valence-electron chi connectivity index (χ3n) is 4.37. The minimum atomic E-state index is 0.486. The highest BCUT2D eigenvalue weighted by molar-refractivity contribution is 9.10. The van der Waals surface area contributed by atoms with Crippen molar-refractivity contribution in [3.63, 3.8) is 0 Å². The molecule has 0 aromatic heterocycles. The molecule has 0 spiro atoms. The van der Waals surface area contributed by atoms with Crippen LogP contribution in [0.5, 0.6) is 0 Å². The lowest BCUT2D eigenvalue weighted by Gasteiger charge is -2.29. The van der Waals surface area contributed by atoms with Crippen molar-refractivity contribution in [1.29, 1.82) is 0 Å². The second kappa shape index (κ2) is 6.00. The topological polar surface area (TPSA) is 32.5 Å². The van der Waals surface area contributed by atoms with Gasteiger partial charge in [-0.2, -0.15) is 0 Å². The standard InChI is InChI=1S/C15H20BrN3S/c16-11-4-5-13(15(17)20)14(9-11)19-8-2-7-18-6-1-3-12(18)10-19/h4-5,9,12H,1-3,6-8,10H2,(H2,17,20). The molecule has 2 heterocycles. The predicted molar refractivity (Wildman–Crippen MR) is 91.5 cm³/mol. The lowest BCUT2D eigenvalue weighted by Crippen LogP contribution is -2.37. The zero-order valence-electron chi connectivity index (χ0n) is 11.5. The van der Waals surface area contributed by atoms with Crippen molar-refractivity contribution in [3.05, 3.63) is 28.2 Å². The summed E-state index contributed by atoms with van der Waals surface area (Å²) in [5.41, 5.74) is 8.07. The molecule has 0 saturated carbocycles. The largest absolute Gasteiger partial charge is 0.389 e. The number of fused-ring (bicyclic) bond motifs is 1. The third-order valence-corrected chi connectivity index (χ3v) is 5.08. The Bertz CT molecular complexity index is 520. The van der Waals surface area contributed by atoms with Gasteiger partial charge in [0.15, 0.2) is 0 Å². The Balaban J connectivity index is 1.91. The SMILES string of the molecule is NC(=S)c1ccc(Br)cc1N1CCCN2CCCC2C1. The summed E-state index contributed by atoms with van der Waals surface area (Å²) in [4.78, 5) is 5.59. The first kappa shape index (κ1) is 14.3. The highest BCUT2D eigenvalue weighted by Gasteiger charge is 2.29. The van der Waals surface area contributed by atoms with Crippen molar-refractivity contribution >= 4 is 38.8 Å². The molecule has 1 aromatic carbocycles. The van der Waals surface area contributed by atoms with Gasteiger partial charge in [-0.3, -0.25) is 4.90 Å². The maximum Gasteiger partial charge on any atom is 0.106 e. The molecule has 0 bridgehead atoms. The molecule has 1 atom stereocenters. The molecular weight excluding hydrogens is 334 g/mol. The average Bonchev–Trinajstić information content (AvgIpc) is 2.75. The molecule has 3 nitrogen and oxygen atoms in total. The summed E-state index contributed by atoms with van der Waals surface area (Å²) in [5.74, 6) is 0. The molecule has 0 aliphatic carbocycles. The first-order chi connectivity index (χ1) is 9.65. The lowest BCUT2D eigenvalue weighted by molar-refractivity contribution is 0.273. The highest BCUT2D eigenvalue weighted by Crippen LogP contribution is 2.29. The number of hydrogen-bond acceptors (Lipinski definition) is 3. The Labute approximate surface area is 134 Å². The van der Waals surface area contributed by atoms with Gasteiger partial charge >= 0.3 is 0 Å². The van der Waals surface area contributed by atoms with Gasteiger partial charge < -0.3 is 10.6 Å². The van der Waals surface area contributed by atoms with E-state index in [-0.39, 0.29) is 0 Å². The first-order valence-corrected chi connectivity index (χ1v) is 8.43. The Kier molecular flexibility index (Phi) is 4.29. The molecule has 108 valence electrons. The van der Waals surface area contributed by atoms with E-state index in [1.807, 2.05) is 12.1 Å². The molecule has 0 amide bonds. The van der Waals surface area contributed by atoms with Crippen LogP contribution >= 0.6 is 28.1 Å². The summed E-state index contributed by atoms with van der Waals surface area (Å²) in [6, 6.07) is 6.88. The van der Waals surface area contributed by atoms with Crippen LogP contribution in [-0.2, 0) is 0 Å². The van der Waals surface area contributed by atoms with Gasteiger partial charge in [-0.1, -0.05) is 28.1 Å². The molecule has 1 unspecified atom stereocenters. The van der Waals surface area contributed by atoms with Crippen LogP contribution in [0.2, 0.25) is 0 Å². The minimum absolute atomic E-state index is 0.486. The van der Waals surface area contributed by atoms with E-state index in [9.17, 15) is 0 Å². The number of thiocarbonyl (C=S) groups is 1. The molecule has 2 saturated heterocycles. The van der Waals surface area contributed by atoms with Gasteiger partial charge in [0.1, 0.15) is 4.99 Å². The summed E-state index contributed by atoms with van der Waals surface area (Å²) in [7, 11) is 0. The van der Waals surface area contributed by atoms with Crippen molar-refractivity contribution in [2.24, 2.45) is 5.73 Å². The molecule has 2 N–H and O–H groups in total. The smallest absolute Gasteiger partial charge is 0.106 e. The number of nitrogens with two attached hydrogens (primary N) is 1. The molecule has 2 aliphatic heterocycles. The summed E-state index contributed by atoms with van der Waals surface area (Å²) in [6.07, 6.45) is 3.85. The normalized spacial score (nSPS) is 23.4. The summed E-state index contributed by atoms with van der Waals surface area (Å²) >= 11 is 8.78. The number of benzene rings is 1. The summed E-state index contributed by atoms with van der Waals surface area (Å²) < 4.78 is 1.08. The number of halogens is 1. The number of rotatable bonds is 2. The third kappa shape index (κ3) is 2.85. The van der Waals surface area contributed by atoms with Crippen LogP contribution in [0.4, 0.5) is 5.69 Å². The van der Waals surface area contributed by atoms with Crippen LogP contribution in [0.15, 0.2) is 22.7 Å². The number of anilines is 1. The number of nitrogens with zero attached hydrogens (tertiary/aromatic N) is 2. The van der Waals surface area contributed by atoms with Crippen molar-refractivity contribution in [3.8, 4) is 0 Å². The van der Waals surface area contributed by atoms with Gasteiger partial charge in [-0.25, -0.2) is 0 Å². The zero-order valence-corrected chi connectivity index (χ0v) is 13.9. The van der Waals surface area contributed by atoms with Crippen LogP contribution in [0.3, 0.4) is 0 Å². The van der Waals surface area contributed by atoms with Gasteiger partial charge in [-0.05, 0) is 44.0 Å². The van der Waals surface area contributed by atoms with Crippen LogP contribution < -0.4 is 10.6 Å². The predicted octanol–water partition coefficient (Wildman–Crippen LogP) is 2.76. The van der Waals surface area contributed by atoms with E-state index in [2.05, 4.69) is 31.8 Å². The first-order valence-electron chi connectivity index (χ1n) is 7.23. The van der Waals surface area contributed by atoms with Gasteiger partial charge in [0, 0.05) is 41.4 Å². The maximum atomic E-state index is 5.90. The van der Waals surface area contributed by atoms with Crippen molar-refractivity contribution < 1.29 is 0 Å². The fourth-order valence-electron chi connectivity index (χ4n) is 3.40. The minimum Gasteiger partial charge on any atom is -0.389 e. The lowest BCUT2D eigenvalue weighted by atomic mass is 10.1. The van der Waals surface area contributed by atoms with Gasteiger partial charge in [-0.15, -0.1) is 0 Å². The summed E-state index contributed by atoms with van der Waals surface area (Å²) in [6.45, 7) is 4.65. The molecular formula is C15H20BrN3S. The van der Waals surface area contributed by atoms with Gasteiger partial charge in [0.05, 0.1) is 0 Å². The zero-order chi connectivity index (χ0) is 14.1. The molecule has 5 heteroatoms. The Hall–Kier alpha value is -0.650. The monoisotopic (exact) mass is 353 g/mol. The Morgan fingerprint density at radius 3 is 2.85 bits per heavy atom. The van der Waals surface area contributed by atoms with Gasteiger partial charge in [0.2, 0.25) is 0 Å². The quantitative estimate of drug-likeness (QED) is 0.828. The van der Waals surface area contributed by atoms with Crippen LogP contribution in [0.25, 0.3) is 0 Å². The van der Waals surface area contributed by atoms with E-state index < -0.39 is 0 Å². The molecule has 2 fully saturated rings. The van der Waals surface area contributed by atoms with Crippen LogP contribution in [-0.4, -0.2) is 42.1 Å². The van der Waals surface area contributed by atoms with Gasteiger partial charge in [0.25, 0.3) is 0 Å². The Morgan fingerprint density at radius 2 is 2.05 bits per heavy atom. The van der Waals surface area contributed by atoms with Crippen LogP contribution in [0, 0.1) is 0 Å². The highest BCUT2D eigenvalue weighted by atomic mass is 79.9. The molecule has 3 rings (SSSR count). The van der Waals surface area contributed by atoms with Crippen LogP contribution in [0.1, 0.15) is 24.8 Å². The van der Waals surface area contributed by atoms with E-state index >= 15 is 0 Å². The van der Waals surface area contributed by atoms with Crippen molar-refractivity contribution in [2.45, 2.75) is 25.3 Å². The molecule has 1 aromatic rings. The maximum absolute atomic E-state index is 5.90.